The third-order valence-corrected chi connectivity index (χ3v) is 5.17. The van der Waals surface area contributed by atoms with Crippen molar-refractivity contribution in [1.29, 1.82) is 0 Å². The number of fused-ring (bicyclic) bond motifs is 1. The summed E-state index contributed by atoms with van der Waals surface area (Å²) in [4.78, 5) is 16.9. The lowest BCUT2D eigenvalue weighted by Gasteiger charge is -2.11. The van der Waals surface area contributed by atoms with Crippen LogP contribution in [-0.4, -0.2) is 37.5 Å². The maximum atomic E-state index is 12.5. The van der Waals surface area contributed by atoms with E-state index >= 15 is 0 Å². The van der Waals surface area contributed by atoms with Crippen LogP contribution in [0.1, 0.15) is 16.2 Å². The number of carbonyl (C=O) groups is 1. The van der Waals surface area contributed by atoms with Crippen molar-refractivity contribution in [3.05, 3.63) is 53.9 Å². The number of nitrogens with two attached hydrogens (primary N) is 1. The third-order valence-electron chi connectivity index (χ3n) is 4.26. The standard InChI is InChI=1S/C18H20N4O4S/c1-22-15-6-4-3-5-14(15)21-17(22)9-10-20-18(23)13-11-12(27(19,24)25)7-8-16(13)26-2/h3-8,11H,9-10H2,1-2H3,(H,20,23)(H2,19,24,25). The molecule has 0 saturated heterocycles. The number of aromatic nitrogens is 2. The molecule has 3 rings (SSSR count). The van der Waals surface area contributed by atoms with Gasteiger partial charge in [0.05, 0.1) is 28.6 Å². The molecular formula is C18H20N4O4S. The Kier molecular flexibility index (Phi) is 5.15. The number of sulfonamides is 1. The summed E-state index contributed by atoms with van der Waals surface area (Å²) < 4.78 is 30.2. The smallest absolute Gasteiger partial charge is 0.255 e. The normalized spacial score (nSPS) is 11.5. The van der Waals surface area contributed by atoms with Gasteiger partial charge in [0, 0.05) is 20.0 Å². The number of benzene rings is 2. The number of aryl methyl sites for hydroxylation is 1. The Labute approximate surface area is 157 Å². The monoisotopic (exact) mass is 388 g/mol. The van der Waals surface area contributed by atoms with Crippen molar-refractivity contribution in [2.24, 2.45) is 12.2 Å². The summed E-state index contributed by atoms with van der Waals surface area (Å²) in [6, 6.07) is 11.7. The van der Waals surface area contributed by atoms with Crippen molar-refractivity contribution >= 4 is 27.0 Å². The molecule has 1 aromatic heterocycles. The van der Waals surface area contributed by atoms with Gasteiger partial charge >= 0.3 is 0 Å². The van der Waals surface area contributed by atoms with Gasteiger partial charge in [-0.3, -0.25) is 4.79 Å². The van der Waals surface area contributed by atoms with Crippen LogP contribution >= 0.6 is 0 Å². The third kappa shape index (κ3) is 3.93. The molecule has 0 unspecified atom stereocenters. The molecule has 3 N–H and O–H groups in total. The Hall–Kier alpha value is -2.91. The molecule has 8 nitrogen and oxygen atoms in total. The van der Waals surface area contributed by atoms with Gasteiger partial charge in [-0.2, -0.15) is 0 Å². The fourth-order valence-corrected chi connectivity index (χ4v) is 3.38. The molecule has 0 radical (unpaired) electrons. The number of para-hydroxylation sites is 2. The Morgan fingerprint density at radius 1 is 1.26 bits per heavy atom. The van der Waals surface area contributed by atoms with E-state index in [1.807, 2.05) is 35.9 Å². The maximum Gasteiger partial charge on any atom is 0.255 e. The Morgan fingerprint density at radius 2 is 2.00 bits per heavy atom. The minimum Gasteiger partial charge on any atom is -0.496 e. The summed E-state index contributed by atoms with van der Waals surface area (Å²) in [6.07, 6.45) is 0.522. The highest BCUT2D eigenvalue weighted by Gasteiger charge is 2.17. The van der Waals surface area contributed by atoms with E-state index in [0.29, 0.717) is 13.0 Å². The average molecular weight is 388 g/mol. The van der Waals surface area contributed by atoms with E-state index in [1.54, 1.807) is 0 Å². The SMILES string of the molecule is COc1ccc(S(N)(=O)=O)cc1C(=O)NCCc1nc2ccccc2n1C. The number of primary sulfonamides is 1. The summed E-state index contributed by atoms with van der Waals surface area (Å²) in [5, 5.41) is 7.90. The molecular weight excluding hydrogens is 368 g/mol. The van der Waals surface area contributed by atoms with E-state index in [0.717, 1.165) is 16.9 Å². The molecule has 0 aliphatic carbocycles. The quantitative estimate of drug-likeness (QED) is 0.658. The highest BCUT2D eigenvalue weighted by atomic mass is 32.2. The molecule has 142 valence electrons. The second kappa shape index (κ2) is 7.37. The van der Waals surface area contributed by atoms with Crippen molar-refractivity contribution in [3.63, 3.8) is 0 Å². The molecule has 0 fully saturated rings. The number of hydrogen-bond acceptors (Lipinski definition) is 5. The summed E-state index contributed by atoms with van der Waals surface area (Å²) in [5.74, 6) is 0.653. The first kappa shape index (κ1) is 18.9. The molecule has 0 atom stereocenters. The molecule has 0 spiro atoms. The van der Waals surface area contributed by atoms with Gasteiger partial charge in [0.25, 0.3) is 5.91 Å². The summed E-state index contributed by atoms with van der Waals surface area (Å²) in [5.41, 5.74) is 2.01. The largest absolute Gasteiger partial charge is 0.496 e. The van der Waals surface area contributed by atoms with E-state index < -0.39 is 15.9 Å². The number of nitrogens with zero attached hydrogens (tertiary/aromatic N) is 2. The van der Waals surface area contributed by atoms with Gasteiger partial charge in [0.15, 0.2) is 0 Å². The maximum absolute atomic E-state index is 12.5. The zero-order chi connectivity index (χ0) is 19.6. The first-order valence-electron chi connectivity index (χ1n) is 8.20. The number of imidazole rings is 1. The van der Waals surface area contributed by atoms with Crippen LogP contribution in [0.3, 0.4) is 0 Å². The lowest BCUT2D eigenvalue weighted by molar-refractivity contribution is 0.0950. The number of hydrogen-bond donors (Lipinski definition) is 2. The van der Waals surface area contributed by atoms with E-state index in [-0.39, 0.29) is 16.2 Å². The average Bonchev–Trinajstić information content (AvgIpc) is 2.96. The predicted molar refractivity (Wildman–Crippen MR) is 101 cm³/mol. The second-order valence-electron chi connectivity index (χ2n) is 5.99. The lowest BCUT2D eigenvalue weighted by Crippen LogP contribution is -2.27. The molecule has 0 aliphatic rings. The fraction of sp³-hybridized carbons (Fsp3) is 0.222. The Balaban J connectivity index is 1.74. The summed E-state index contributed by atoms with van der Waals surface area (Å²) in [6.45, 7) is 0.332. The summed E-state index contributed by atoms with van der Waals surface area (Å²) in [7, 11) is -0.590. The van der Waals surface area contributed by atoms with Crippen molar-refractivity contribution in [1.82, 2.24) is 14.9 Å². The zero-order valence-corrected chi connectivity index (χ0v) is 15.8. The second-order valence-corrected chi connectivity index (χ2v) is 7.55. The first-order chi connectivity index (χ1) is 12.8. The number of amides is 1. The Bertz CT molecular complexity index is 1110. The van der Waals surface area contributed by atoms with Crippen molar-refractivity contribution in [3.8, 4) is 5.75 Å². The van der Waals surface area contributed by atoms with E-state index in [2.05, 4.69) is 10.3 Å². The molecule has 1 amide bonds. The number of nitrogens with one attached hydrogen (secondary N) is 1. The molecule has 1 heterocycles. The van der Waals surface area contributed by atoms with Crippen LogP contribution in [0.15, 0.2) is 47.4 Å². The first-order valence-corrected chi connectivity index (χ1v) is 9.75. The molecule has 27 heavy (non-hydrogen) atoms. The zero-order valence-electron chi connectivity index (χ0n) is 15.0. The van der Waals surface area contributed by atoms with Crippen molar-refractivity contribution in [2.75, 3.05) is 13.7 Å². The number of rotatable bonds is 6. The minimum absolute atomic E-state index is 0.106. The van der Waals surface area contributed by atoms with Gasteiger partial charge < -0.3 is 14.6 Å². The fourth-order valence-electron chi connectivity index (χ4n) is 2.84. The van der Waals surface area contributed by atoms with Crippen LogP contribution < -0.4 is 15.2 Å². The van der Waals surface area contributed by atoms with Crippen LogP contribution in [0.25, 0.3) is 11.0 Å². The molecule has 9 heteroatoms. The Morgan fingerprint density at radius 3 is 2.67 bits per heavy atom. The highest BCUT2D eigenvalue weighted by molar-refractivity contribution is 7.89. The van der Waals surface area contributed by atoms with E-state index in [1.165, 1.54) is 25.3 Å². The molecule has 2 aromatic carbocycles. The van der Waals surface area contributed by atoms with E-state index in [4.69, 9.17) is 9.88 Å². The van der Waals surface area contributed by atoms with Gasteiger partial charge in [-0.1, -0.05) is 12.1 Å². The van der Waals surface area contributed by atoms with E-state index in [9.17, 15) is 13.2 Å². The van der Waals surface area contributed by atoms with Gasteiger partial charge in [-0.25, -0.2) is 18.5 Å². The lowest BCUT2D eigenvalue weighted by atomic mass is 10.2. The summed E-state index contributed by atoms with van der Waals surface area (Å²) >= 11 is 0. The van der Waals surface area contributed by atoms with Crippen LogP contribution in [0.2, 0.25) is 0 Å². The van der Waals surface area contributed by atoms with Crippen LogP contribution in [0.4, 0.5) is 0 Å². The van der Waals surface area contributed by atoms with Crippen LogP contribution in [0.5, 0.6) is 5.75 Å². The molecule has 0 saturated carbocycles. The van der Waals surface area contributed by atoms with Gasteiger partial charge in [-0.05, 0) is 30.3 Å². The van der Waals surface area contributed by atoms with Crippen LogP contribution in [0, 0.1) is 0 Å². The van der Waals surface area contributed by atoms with Crippen molar-refractivity contribution in [2.45, 2.75) is 11.3 Å². The number of methoxy groups -OCH3 is 1. The van der Waals surface area contributed by atoms with Gasteiger partial charge in [0.2, 0.25) is 10.0 Å². The predicted octanol–water partition coefficient (Wildman–Crippen LogP) is 1.20. The van der Waals surface area contributed by atoms with Crippen molar-refractivity contribution < 1.29 is 17.9 Å². The minimum atomic E-state index is -3.92. The topological polar surface area (TPSA) is 116 Å². The highest BCUT2D eigenvalue weighted by Crippen LogP contribution is 2.22. The molecule has 3 aromatic rings. The molecule has 0 aliphatic heterocycles. The number of carbonyl (C=O) groups excluding carboxylic acids is 1. The number of ether oxygens (including phenoxy) is 1. The van der Waals surface area contributed by atoms with Crippen LogP contribution in [-0.2, 0) is 23.5 Å². The van der Waals surface area contributed by atoms with Gasteiger partial charge in [-0.15, -0.1) is 0 Å². The molecule has 0 bridgehead atoms. The van der Waals surface area contributed by atoms with Gasteiger partial charge in [0.1, 0.15) is 11.6 Å².